The zero-order chi connectivity index (χ0) is 20.0. The van der Waals surface area contributed by atoms with Crippen LogP contribution in [-0.2, 0) is 0 Å². The van der Waals surface area contributed by atoms with E-state index in [1.165, 1.54) is 22.4 Å². The van der Waals surface area contributed by atoms with Gasteiger partial charge in [0.15, 0.2) is 5.65 Å². The first kappa shape index (κ1) is 18.9. The van der Waals surface area contributed by atoms with Crippen LogP contribution < -0.4 is 4.90 Å². The second-order valence-corrected chi connectivity index (χ2v) is 8.63. The van der Waals surface area contributed by atoms with E-state index >= 15 is 0 Å². The Morgan fingerprint density at radius 1 is 1.04 bits per heavy atom. The lowest BCUT2D eigenvalue weighted by Crippen LogP contribution is -2.35. The number of piperidine rings is 1. The van der Waals surface area contributed by atoms with E-state index in [-0.39, 0.29) is 6.04 Å². The summed E-state index contributed by atoms with van der Waals surface area (Å²) < 4.78 is 3.31. The van der Waals surface area contributed by atoms with Crippen LogP contribution in [0.4, 0.5) is 5.82 Å². The Bertz CT molecular complexity index is 1080. The minimum atomic E-state index is 0.147. The predicted octanol–water partition coefficient (Wildman–Crippen LogP) is 5.30. The fourth-order valence-electron chi connectivity index (χ4n) is 4.28. The number of rotatable bonds is 2. The van der Waals surface area contributed by atoms with Crippen LogP contribution in [0.1, 0.15) is 35.4 Å². The lowest BCUT2D eigenvalue weighted by atomic mass is 10.1. The molecule has 2 aromatic heterocycles. The second-order valence-electron chi connectivity index (χ2n) is 7.71. The Morgan fingerprint density at radius 3 is 2.29 bits per heavy atom. The highest BCUT2D eigenvalue weighted by molar-refractivity contribution is 9.10. The zero-order valence-electron chi connectivity index (χ0n) is 16.8. The topological polar surface area (TPSA) is 38.3 Å². The number of nitrogens with zero attached hydrogens (tertiary/aromatic N) is 5. The maximum Gasteiger partial charge on any atom is 0.227 e. The summed E-state index contributed by atoms with van der Waals surface area (Å²) in [7, 11) is 0. The van der Waals surface area contributed by atoms with E-state index in [2.05, 4.69) is 69.3 Å². The molecule has 1 fully saturated rings. The molecule has 5 nitrogen and oxygen atoms in total. The van der Waals surface area contributed by atoms with Gasteiger partial charge in [0, 0.05) is 36.6 Å². The molecule has 0 bridgehead atoms. The van der Waals surface area contributed by atoms with Gasteiger partial charge in [-0.1, -0.05) is 15.9 Å². The van der Waals surface area contributed by atoms with E-state index in [0.29, 0.717) is 0 Å². The van der Waals surface area contributed by atoms with Gasteiger partial charge in [-0.15, -0.1) is 0 Å². The van der Waals surface area contributed by atoms with Crippen LogP contribution in [0.15, 0.2) is 22.8 Å². The van der Waals surface area contributed by atoms with Gasteiger partial charge >= 0.3 is 0 Å². The first-order valence-corrected chi connectivity index (χ1v) is 10.4. The van der Waals surface area contributed by atoms with Crippen LogP contribution in [0.25, 0.3) is 21.6 Å². The van der Waals surface area contributed by atoms with E-state index in [1.54, 1.807) is 0 Å². The first-order chi connectivity index (χ1) is 13.4. The standard InChI is InChI=1S/C22H24BrN5/c1-13-10-17(23)11-14(2)20(13)28-12-15(3)19-21(25-16(4)26-22(19)28)27-8-6-18(24-5)7-9-27/h10-12,18H,6-9H2,1-4H3. The van der Waals surface area contributed by atoms with Crippen molar-refractivity contribution in [2.24, 2.45) is 0 Å². The molecule has 0 aliphatic carbocycles. The number of halogens is 1. The average Bonchev–Trinajstić information content (AvgIpc) is 2.96. The molecule has 0 atom stereocenters. The van der Waals surface area contributed by atoms with Gasteiger partial charge in [0.1, 0.15) is 11.6 Å². The van der Waals surface area contributed by atoms with Crippen LogP contribution >= 0.6 is 15.9 Å². The van der Waals surface area contributed by atoms with Crippen LogP contribution in [0.2, 0.25) is 0 Å². The average molecular weight is 438 g/mol. The Hall–Kier alpha value is -2.39. The van der Waals surface area contributed by atoms with E-state index in [4.69, 9.17) is 16.5 Å². The second kappa shape index (κ2) is 7.21. The first-order valence-electron chi connectivity index (χ1n) is 9.64. The quantitative estimate of drug-likeness (QED) is 0.510. The normalized spacial score (nSPS) is 15.2. The molecule has 0 N–H and O–H groups in total. The molecule has 144 valence electrons. The molecule has 0 radical (unpaired) electrons. The number of aromatic nitrogens is 3. The lowest BCUT2D eigenvalue weighted by molar-refractivity contribution is 0.545. The van der Waals surface area contributed by atoms with Crippen molar-refractivity contribution < 1.29 is 0 Å². The Morgan fingerprint density at radius 2 is 1.68 bits per heavy atom. The minimum Gasteiger partial charge on any atom is -0.355 e. The summed E-state index contributed by atoms with van der Waals surface area (Å²) >= 11 is 3.60. The monoisotopic (exact) mass is 437 g/mol. The zero-order valence-corrected chi connectivity index (χ0v) is 18.3. The molecule has 1 aliphatic heterocycles. The molecule has 1 saturated heterocycles. The van der Waals surface area contributed by atoms with Gasteiger partial charge in [0.25, 0.3) is 0 Å². The molecule has 0 spiro atoms. The molecular formula is C22H24BrN5. The van der Waals surface area contributed by atoms with Crippen molar-refractivity contribution in [1.29, 1.82) is 0 Å². The molecule has 28 heavy (non-hydrogen) atoms. The van der Waals surface area contributed by atoms with Gasteiger partial charge in [0.2, 0.25) is 6.04 Å². The number of hydrogen-bond donors (Lipinski definition) is 0. The summed E-state index contributed by atoms with van der Waals surface area (Å²) in [6, 6.07) is 4.44. The van der Waals surface area contributed by atoms with Gasteiger partial charge in [0.05, 0.1) is 11.1 Å². The molecule has 1 aliphatic rings. The van der Waals surface area contributed by atoms with E-state index in [9.17, 15) is 0 Å². The Balaban J connectivity index is 1.89. The minimum absolute atomic E-state index is 0.147. The fourth-order valence-corrected chi connectivity index (χ4v) is 4.97. The molecule has 0 unspecified atom stereocenters. The van der Waals surface area contributed by atoms with Gasteiger partial charge in [-0.05, 0) is 56.5 Å². The van der Waals surface area contributed by atoms with Crippen LogP contribution in [-0.4, -0.2) is 33.7 Å². The maximum absolute atomic E-state index is 7.29. The van der Waals surface area contributed by atoms with Crippen molar-refractivity contribution in [2.75, 3.05) is 18.0 Å². The third kappa shape index (κ3) is 3.18. The SMILES string of the molecule is [C-]#[N+]C1CCN(c2nc(C)nc3c2c(C)cn3-c2c(C)cc(Br)cc2C)CC1. The lowest BCUT2D eigenvalue weighted by Gasteiger charge is -2.29. The third-order valence-corrected chi connectivity index (χ3v) is 6.03. The summed E-state index contributed by atoms with van der Waals surface area (Å²) in [6.07, 6.45) is 3.98. The summed E-state index contributed by atoms with van der Waals surface area (Å²) in [6.45, 7) is 17.4. The summed E-state index contributed by atoms with van der Waals surface area (Å²) in [5.74, 6) is 1.79. The Kier molecular flexibility index (Phi) is 4.88. The van der Waals surface area contributed by atoms with E-state index < -0.39 is 0 Å². The highest BCUT2D eigenvalue weighted by Crippen LogP contribution is 2.34. The van der Waals surface area contributed by atoms with Crippen molar-refractivity contribution in [1.82, 2.24) is 14.5 Å². The van der Waals surface area contributed by atoms with Crippen molar-refractivity contribution in [3.8, 4) is 5.69 Å². The number of fused-ring (bicyclic) bond motifs is 1. The molecule has 4 rings (SSSR count). The summed E-state index contributed by atoms with van der Waals surface area (Å²) in [4.78, 5) is 15.7. The van der Waals surface area contributed by atoms with Crippen LogP contribution in [0.5, 0.6) is 0 Å². The Labute approximate surface area is 174 Å². The smallest absolute Gasteiger partial charge is 0.227 e. The number of benzene rings is 1. The summed E-state index contributed by atoms with van der Waals surface area (Å²) in [5, 5.41) is 1.12. The predicted molar refractivity (Wildman–Crippen MR) is 117 cm³/mol. The highest BCUT2D eigenvalue weighted by atomic mass is 79.9. The highest BCUT2D eigenvalue weighted by Gasteiger charge is 2.26. The number of aryl methyl sites for hydroxylation is 4. The molecule has 0 amide bonds. The van der Waals surface area contributed by atoms with E-state index in [0.717, 1.165) is 53.1 Å². The van der Waals surface area contributed by atoms with E-state index in [1.807, 2.05) is 6.92 Å². The van der Waals surface area contributed by atoms with Crippen LogP contribution in [0.3, 0.4) is 0 Å². The van der Waals surface area contributed by atoms with Crippen molar-refractivity contribution >= 4 is 32.8 Å². The fraction of sp³-hybridized carbons (Fsp3) is 0.409. The molecule has 1 aromatic carbocycles. The van der Waals surface area contributed by atoms with Crippen molar-refractivity contribution in [3.05, 3.63) is 56.7 Å². The van der Waals surface area contributed by atoms with Crippen molar-refractivity contribution in [2.45, 2.75) is 46.6 Å². The maximum atomic E-state index is 7.29. The molecule has 0 saturated carbocycles. The van der Waals surface area contributed by atoms with Crippen LogP contribution in [0, 0.1) is 34.3 Å². The van der Waals surface area contributed by atoms with Gasteiger partial charge in [-0.3, -0.25) is 0 Å². The van der Waals surface area contributed by atoms with Gasteiger partial charge in [-0.2, -0.15) is 0 Å². The van der Waals surface area contributed by atoms with Crippen molar-refractivity contribution in [3.63, 3.8) is 0 Å². The molecule has 6 heteroatoms. The van der Waals surface area contributed by atoms with Gasteiger partial charge in [-0.25, -0.2) is 16.5 Å². The number of hydrogen-bond acceptors (Lipinski definition) is 3. The van der Waals surface area contributed by atoms with Gasteiger partial charge < -0.3 is 14.3 Å². The molecular weight excluding hydrogens is 414 g/mol. The molecule has 3 heterocycles. The number of anilines is 1. The largest absolute Gasteiger partial charge is 0.355 e. The molecule has 3 aromatic rings. The summed E-state index contributed by atoms with van der Waals surface area (Å²) in [5.41, 5.74) is 5.73. The third-order valence-electron chi connectivity index (χ3n) is 5.57.